The topological polar surface area (TPSA) is 175 Å². The first-order chi connectivity index (χ1) is 11.0. The predicted octanol–water partition coefficient (Wildman–Crippen LogP) is -0.695. The van der Waals surface area contributed by atoms with E-state index in [1.165, 1.54) is 17.1 Å². The second-order valence-electron chi connectivity index (χ2n) is 5.25. The highest BCUT2D eigenvalue weighted by molar-refractivity contribution is 5.83. The van der Waals surface area contributed by atoms with Gasteiger partial charge in [0.15, 0.2) is 11.9 Å². The molecule has 11 heteroatoms. The first-order valence-corrected chi connectivity index (χ1v) is 6.77. The van der Waals surface area contributed by atoms with Crippen LogP contribution in [0.4, 0.5) is 5.69 Å². The third-order valence-corrected chi connectivity index (χ3v) is 3.96. The number of hydrogen-bond donors (Lipinski definition) is 4. The number of fused-ring (bicyclic) bond motifs is 1. The molecule has 0 unspecified atom stereocenters. The molecule has 2 aromatic heterocycles. The van der Waals surface area contributed by atoms with Crippen LogP contribution in [0, 0.1) is 0 Å². The molecule has 5 N–H and O–H groups in total. The molecule has 2 aromatic rings. The molecule has 1 saturated heterocycles. The van der Waals surface area contributed by atoms with Crippen LogP contribution in [0.5, 0.6) is 0 Å². The minimum atomic E-state index is -1.93. The molecule has 3 heterocycles. The zero-order chi connectivity index (χ0) is 16.6. The van der Waals surface area contributed by atoms with Crippen molar-refractivity contribution in [3.63, 3.8) is 0 Å². The average molecular weight is 321 g/mol. The Morgan fingerprint density at radius 2 is 2.30 bits per heavy atom. The van der Waals surface area contributed by atoms with E-state index >= 15 is 0 Å². The molecule has 11 nitrogen and oxygen atoms in total. The van der Waals surface area contributed by atoms with Crippen LogP contribution < -0.4 is 5.73 Å². The minimum absolute atomic E-state index is 0.360. The summed E-state index contributed by atoms with van der Waals surface area (Å²) in [6, 6.07) is 1.58. The van der Waals surface area contributed by atoms with E-state index in [-0.39, 0.29) is 0 Å². The van der Waals surface area contributed by atoms with Gasteiger partial charge in [0.05, 0.1) is 25.2 Å². The summed E-state index contributed by atoms with van der Waals surface area (Å²) in [6.07, 6.45) is -0.815. The zero-order valence-corrected chi connectivity index (χ0v) is 11.9. The van der Waals surface area contributed by atoms with Gasteiger partial charge in [0.2, 0.25) is 0 Å². The number of rotatable bonds is 4. The largest absolute Gasteiger partial charge is 0.397 e. The summed E-state index contributed by atoms with van der Waals surface area (Å²) in [7, 11) is 0. The van der Waals surface area contributed by atoms with Gasteiger partial charge in [-0.3, -0.25) is 4.57 Å². The number of anilines is 1. The molecular formula is C12H15N7O4. The van der Waals surface area contributed by atoms with Crippen molar-refractivity contribution >= 4 is 16.9 Å². The molecule has 0 radical (unpaired) electrons. The number of nitrogen functional groups attached to an aromatic ring is 1. The Morgan fingerprint density at radius 3 is 3.00 bits per heavy atom. The molecule has 23 heavy (non-hydrogen) atoms. The Labute approximate surface area is 129 Å². The fourth-order valence-corrected chi connectivity index (χ4v) is 2.70. The summed E-state index contributed by atoms with van der Waals surface area (Å²) in [5, 5.41) is 33.7. The molecule has 0 aliphatic carbocycles. The fourth-order valence-electron chi connectivity index (χ4n) is 2.70. The van der Waals surface area contributed by atoms with Crippen molar-refractivity contribution < 1.29 is 20.1 Å². The number of hydrogen-bond acceptors (Lipinski definition) is 8. The summed E-state index contributed by atoms with van der Waals surface area (Å²) < 4.78 is 6.95. The van der Waals surface area contributed by atoms with Crippen molar-refractivity contribution in [3.8, 4) is 0 Å². The van der Waals surface area contributed by atoms with Crippen molar-refractivity contribution in [1.29, 1.82) is 0 Å². The first kappa shape index (κ1) is 15.5. The van der Waals surface area contributed by atoms with Crippen LogP contribution in [0.2, 0.25) is 0 Å². The Bertz CT molecular complexity index is 774. The summed E-state index contributed by atoms with van der Waals surface area (Å²) in [4.78, 5) is 10.8. The van der Waals surface area contributed by atoms with Crippen LogP contribution in [0.1, 0.15) is 6.23 Å². The highest BCUT2D eigenvalue weighted by Gasteiger charge is 2.55. The van der Waals surface area contributed by atoms with E-state index in [1.807, 2.05) is 0 Å². The van der Waals surface area contributed by atoms with E-state index in [0.717, 1.165) is 0 Å². The number of nitrogens with two attached hydrogens (primary N) is 1. The Kier molecular flexibility index (Phi) is 3.80. The lowest BCUT2D eigenvalue weighted by molar-refractivity contribution is -0.0860. The maximum Gasteiger partial charge on any atom is 0.166 e. The summed E-state index contributed by atoms with van der Waals surface area (Å²) in [6.45, 7) is -1.01. The maximum atomic E-state index is 10.6. The summed E-state index contributed by atoms with van der Waals surface area (Å²) in [5.41, 5.74) is 13.5. The van der Waals surface area contributed by atoms with Gasteiger partial charge in [-0.2, -0.15) is 0 Å². The van der Waals surface area contributed by atoms with E-state index in [0.29, 0.717) is 16.9 Å². The van der Waals surface area contributed by atoms with Crippen LogP contribution in [0.25, 0.3) is 21.6 Å². The maximum absolute atomic E-state index is 10.6. The smallest absolute Gasteiger partial charge is 0.166 e. The number of nitrogens with zero attached hydrogens (tertiary/aromatic N) is 6. The van der Waals surface area contributed by atoms with E-state index in [4.69, 9.17) is 16.0 Å². The van der Waals surface area contributed by atoms with Crippen LogP contribution >= 0.6 is 0 Å². The van der Waals surface area contributed by atoms with Gasteiger partial charge in [0.25, 0.3) is 0 Å². The number of aromatic nitrogens is 3. The third kappa shape index (κ3) is 2.27. The predicted molar refractivity (Wildman–Crippen MR) is 77.9 cm³/mol. The second-order valence-corrected chi connectivity index (χ2v) is 5.25. The molecule has 3 rings (SSSR count). The fraction of sp³-hybridized carbons (Fsp3) is 0.500. The SMILES string of the molecule is [N-]=[N+]=NC[C@@]1(O)[C@@H](CO)O[C@@H](n2cnc3c(N)ccnc32)[C@@H]1O. The number of azide groups is 1. The molecule has 0 aromatic carbocycles. The Morgan fingerprint density at radius 1 is 1.52 bits per heavy atom. The standard InChI is InChI=1S/C12H15N7O4/c13-6-1-2-15-10-8(6)16-5-19(10)11-9(21)12(22,4-17-18-14)7(3-20)23-11/h1-2,5,7,9,11,20-22H,3-4H2,(H2,13,15)/t7-,9+,11-,12-/m1/s1. The number of aliphatic hydroxyl groups excluding tert-OH is 2. The monoisotopic (exact) mass is 321 g/mol. The van der Waals surface area contributed by atoms with Gasteiger partial charge in [-0.25, -0.2) is 9.97 Å². The van der Waals surface area contributed by atoms with E-state index in [9.17, 15) is 15.3 Å². The molecule has 1 fully saturated rings. The van der Waals surface area contributed by atoms with Crippen LogP contribution in [0.15, 0.2) is 23.7 Å². The summed E-state index contributed by atoms with van der Waals surface area (Å²) in [5.74, 6) is 0. The molecule has 0 amide bonds. The highest BCUT2D eigenvalue weighted by atomic mass is 16.6. The molecule has 0 saturated carbocycles. The number of pyridine rings is 1. The molecule has 4 atom stereocenters. The van der Waals surface area contributed by atoms with E-state index in [2.05, 4.69) is 20.0 Å². The Balaban J connectivity index is 2.03. The summed E-state index contributed by atoms with van der Waals surface area (Å²) >= 11 is 0. The molecule has 1 aliphatic heterocycles. The van der Waals surface area contributed by atoms with Crippen LogP contribution in [-0.4, -0.2) is 60.8 Å². The molecule has 122 valence electrons. The number of ether oxygens (including phenoxy) is 1. The van der Waals surface area contributed by atoms with E-state index in [1.54, 1.807) is 6.07 Å². The number of aliphatic hydroxyl groups is 3. The average Bonchev–Trinajstić information content (AvgIpc) is 3.07. The van der Waals surface area contributed by atoms with Crippen molar-refractivity contribution in [2.75, 3.05) is 18.9 Å². The normalized spacial score (nSPS) is 30.5. The van der Waals surface area contributed by atoms with Crippen molar-refractivity contribution in [3.05, 3.63) is 29.0 Å². The van der Waals surface area contributed by atoms with Gasteiger partial charge in [-0.15, -0.1) is 0 Å². The van der Waals surface area contributed by atoms with Gasteiger partial charge < -0.3 is 25.8 Å². The lowest BCUT2D eigenvalue weighted by Gasteiger charge is -2.28. The molecule has 0 bridgehead atoms. The lowest BCUT2D eigenvalue weighted by Crippen LogP contribution is -2.51. The number of imidazole rings is 1. The van der Waals surface area contributed by atoms with Crippen molar-refractivity contribution in [1.82, 2.24) is 14.5 Å². The molecular weight excluding hydrogens is 306 g/mol. The van der Waals surface area contributed by atoms with Gasteiger partial charge in [-0.05, 0) is 11.6 Å². The van der Waals surface area contributed by atoms with Crippen molar-refractivity contribution in [2.45, 2.75) is 24.0 Å². The van der Waals surface area contributed by atoms with Gasteiger partial charge >= 0.3 is 0 Å². The van der Waals surface area contributed by atoms with Crippen LogP contribution in [-0.2, 0) is 4.74 Å². The van der Waals surface area contributed by atoms with Gasteiger partial charge in [0, 0.05) is 11.1 Å². The van der Waals surface area contributed by atoms with Crippen LogP contribution in [0.3, 0.4) is 0 Å². The van der Waals surface area contributed by atoms with Gasteiger partial charge in [-0.1, -0.05) is 5.11 Å². The lowest BCUT2D eigenvalue weighted by atomic mass is 9.92. The Hall–Kier alpha value is -2.43. The zero-order valence-electron chi connectivity index (χ0n) is 11.9. The second kappa shape index (κ2) is 5.65. The minimum Gasteiger partial charge on any atom is -0.397 e. The first-order valence-electron chi connectivity index (χ1n) is 6.77. The molecule has 1 aliphatic rings. The quantitative estimate of drug-likeness (QED) is 0.327. The third-order valence-electron chi connectivity index (χ3n) is 3.96. The highest BCUT2D eigenvalue weighted by Crippen LogP contribution is 2.38. The molecule has 0 spiro atoms. The van der Waals surface area contributed by atoms with E-state index < -0.39 is 37.2 Å². The van der Waals surface area contributed by atoms with Crippen molar-refractivity contribution in [2.24, 2.45) is 5.11 Å². The van der Waals surface area contributed by atoms with Gasteiger partial charge in [0.1, 0.15) is 23.3 Å².